The molecule has 4 bridgehead atoms. The highest BCUT2D eigenvalue weighted by Gasteiger charge is 2.62. The van der Waals surface area contributed by atoms with Crippen LogP contribution in [0.25, 0.3) is 89.1 Å². The zero-order chi connectivity index (χ0) is 43.7. The first-order valence-electron chi connectivity index (χ1n) is 24.0. The minimum atomic E-state index is -0.0760. The number of rotatable bonds is 5. The summed E-state index contributed by atoms with van der Waals surface area (Å²) in [6.45, 7) is 4.92. The number of aromatic nitrogens is 3. The number of furan rings is 1. The second-order valence-electron chi connectivity index (χ2n) is 20.4. The Balaban J connectivity index is 0.889. The number of nitrogens with zero attached hydrogens (tertiary/aromatic N) is 3. The van der Waals surface area contributed by atoms with Gasteiger partial charge in [0.15, 0.2) is 17.5 Å². The molecular formula is C62H49N3O. The molecule has 8 aromatic carbocycles. The lowest BCUT2D eigenvalue weighted by Crippen LogP contribution is -2.58. The second-order valence-corrected chi connectivity index (χ2v) is 20.4. The quantitative estimate of drug-likeness (QED) is 0.173. The van der Waals surface area contributed by atoms with Crippen LogP contribution in [0.3, 0.4) is 0 Å². The summed E-state index contributed by atoms with van der Waals surface area (Å²) >= 11 is 0. The summed E-state index contributed by atoms with van der Waals surface area (Å²) < 4.78 is 6.12. The van der Waals surface area contributed by atoms with Crippen molar-refractivity contribution in [2.75, 3.05) is 0 Å². The van der Waals surface area contributed by atoms with Crippen LogP contribution in [0.4, 0.5) is 0 Å². The molecule has 0 aliphatic heterocycles. The summed E-state index contributed by atoms with van der Waals surface area (Å²) in [5.74, 6) is 5.15. The van der Waals surface area contributed by atoms with E-state index in [9.17, 15) is 0 Å². The van der Waals surface area contributed by atoms with Crippen molar-refractivity contribution in [2.24, 2.45) is 23.7 Å². The van der Waals surface area contributed by atoms with Gasteiger partial charge < -0.3 is 4.42 Å². The lowest BCUT2D eigenvalue weighted by Gasteiger charge is -2.64. The van der Waals surface area contributed by atoms with Gasteiger partial charge in [-0.1, -0.05) is 159 Å². The molecule has 0 saturated heterocycles. The molecule has 15 rings (SSSR count). The summed E-state index contributed by atoms with van der Waals surface area (Å²) in [5.41, 5.74) is 15.8. The molecular weight excluding hydrogens is 803 g/mol. The first-order chi connectivity index (χ1) is 32.4. The molecule has 2 aromatic heterocycles. The van der Waals surface area contributed by atoms with Crippen molar-refractivity contribution in [2.45, 2.75) is 56.8 Å². The molecule has 0 radical (unpaired) electrons. The van der Waals surface area contributed by atoms with Crippen LogP contribution in [0, 0.1) is 23.7 Å². The van der Waals surface area contributed by atoms with Crippen LogP contribution in [0.1, 0.15) is 68.2 Å². The fourth-order valence-corrected chi connectivity index (χ4v) is 13.9. The second kappa shape index (κ2) is 14.2. The van der Waals surface area contributed by atoms with Crippen LogP contribution in [0.15, 0.2) is 180 Å². The standard InChI is InChI=1S/C62H49N3O/c1-61(2)52-17-9-10-18-54(52)62(44-31-37-30-38(33-44)34-45(62)32-37)55-36-43(24-28-53(55)61)46-26-27-50(48-15-7-6-14-47(46)48)60-64-58(40-12-4-3-5-13-40)63-59(65-60)41-22-20-39(21-23-41)42-25-29-57-51(35-42)49-16-8-11-19-56(49)66-57/h3-29,35-38,44-45H,30-34H2,1-2H3. The zero-order valence-corrected chi connectivity index (χ0v) is 37.3. The number of hydrogen-bond acceptors (Lipinski definition) is 4. The highest BCUT2D eigenvalue weighted by molar-refractivity contribution is 6.06. The Morgan fingerprint density at radius 3 is 1.65 bits per heavy atom. The van der Waals surface area contributed by atoms with E-state index in [4.69, 9.17) is 19.4 Å². The first kappa shape index (κ1) is 38.1. The topological polar surface area (TPSA) is 51.8 Å². The Hall–Kier alpha value is -7.17. The van der Waals surface area contributed by atoms with E-state index in [2.05, 4.69) is 159 Å². The molecule has 5 aliphatic carbocycles. The molecule has 0 atom stereocenters. The van der Waals surface area contributed by atoms with Gasteiger partial charge in [0, 0.05) is 38.3 Å². The van der Waals surface area contributed by atoms with Gasteiger partial charge >= 0.3 is 0 Å². The molecule has 0 amide bonds. The van der Waals surface area contributed by atoms with Gasteiger partial charge in [0.05, 0.1) is 0 Å². The van der Waals surface area contributed by atoms with Crippen molar-refractivity contribution in [3.63, 3.8) is 0 Å². The number of hydrogen-bond donors (Lipinski definition) is 0. The average Bonchev–Trinajstić information content (AvgIpc) is 3.74. The van der Waals surface area contributed by atoms with Crippen LogP contribution in [0.5, 0.6) is 0 Å². The molecule has 2 heterocycles. The first-order valence-corrected chi connectivity index (χ1v) is 24.0. The van der Waals surface area contributed by atoms with E-state index in [0.717, 1.165) is 67.0 Å². The molecule has 4 nitrogen and oxygen atoms in total. The highest BCUT2D eigenvalue weighted by atomic mass is 16.3. The van der Waals surface area contributed by atoms with Crippen molar-refractivity contribution in [1.82, 2.24) is 15.0 Å². The molecule has 4 heteroatoms. The van der Waals surface area contributed by atoms with Gasteiger partial charge in [-0.15, -0.1) is 0 Å². The van der Waals surface area contributed by atoms with E-state index in [1.165, 1.54) is 59.7 Å². The third-order valence-corrected chi connectivity index (χ3v) is 16.6. The van der Waals surface area contributed by atoms with Gasteiger partial charge in [-0.25, -0.2) is 15.0 Å². The predicted molar refractivity (Wildman–Crippen MR) is 268 cm³/mol. The van der Waals surface area contributed by atoms with Gasteiger partial charge in [-0.2, -0.15) is 0 Å². The number of para-hydroxylation sites is 1. The Bertz CT molecular complexity index is 3550. The molecule has 4 fully saturated rings. The fourth-order valence-electron chi connectivity index (χ4n) is 13.9. The summed E-state index contributed by atoms with van der Waals surface area (Å²) in [6, 6.07) is 64.1. The molecule has 0 N–H and O–H groups in total. The van der Waals surface area contributed by atoms with Gasteiger partial charge in [-0.05, 0) is 141 Å². The van der Waals surface area contributed by atoms with Crippen molar-refractivity contribution >= 4 is 32.7 Å². The van der Waals surface area contributed by atoms with E-state index in [-0.39, 0.29) is 10.8 Å². The lowest BCUT2D eigenvalue weighted by atomic mass is 9.39. The molecule has 1 spiro atoms. The van der Waals surface area contributed by atoms with Crippen LogP contribution < -0.4 is 0 Å². The van der Waals surface area contributed by atoms with Crippen molar-refractivity contribution in [1.29, 1.82) is 0 Å². The van der Waals surface area contributed by atoms with E-state index in [0.29, 0.717) is 29.3 Å². The predicted octanol–water partition coefficient (Wildman–Crippen LogP) is 15.6. The molecule has 10 aromatic rings. The molecule has 4 saturated carbocycles. The molecule has 318 valence electrons. The third-order valence-electron chi connectivity index (χ3n) is 16.6. The van der Waals surface area contributed by atoms with Gasteiger partial charge in [0.1, 0.15) is 11.2 Å². The van der Waals surface area contributed by atoms with E-state index < -0.39 is 0 Å². The minimum absolute atomic E-state index is 0.0657. The Labute approximate surface area is 385 Å². The highest BCUT2D eigenvalue weighted by Crippen LogP contribution is 2.69. The summed E-state index contributed by atoms with van der Waals surface area (Å²) in [4.78, 5) is 15.6. The van der Waals surface area contributed by atoms with Crippen molar-refractivity contribution in [3.8, 4) is 56.4 Å². The minimum Gasteiger partial charge on any atom is -0.456 e. The smallest absolute Gasteiger partial charge is 0.164 e. The van der Waals surface area contributed by atoms with Gasteiger partial charge in [0.25, 0.3) is 0 Å². The fraction of sp³-hybridized carbons (Fsp3) is 0.210. The zero-order valence-electron chi connectivity index (χ0n) is 37.3. The van der Waals surface area contributed by atoms with Crippen LogP contribution in [0.2, 0.25) is 0 Å². The largest absolute Gasteiger partial charge is 0.456 e. The number of fused-ring (bicyclic) bond motifs is 6. The van der Waals surface area contributed by atoms with E-state index in [1.807, 2.05) is 30.3 Å². The van der Waals surface area contributed by atoms with E-state index in [1.54, 1.807) is 11.1 Å². The Kier molecular flexibility index (Phi) is 8.18. The number of benzene rings is 8. The van der Waals surface area contributed by atoms with Gasteiger partial charge in [-0.3, -0.25) is 0 Å². The SMILES string of the molecule is CC1(C)c2ccccc2C2(c3cc(-c4ccc(-c5nc(-c6ccccc6)nc(-c6ccc(-c7ccc8oc9ccccc9c8c7)cc6)n5)c5ccccc45)ccc31)C1CC3CC(C1)CC2C3. The maximum absolute atomic E-state index is 6.12. The van der Waals surface area contributed by atoms with Crippen LogP contribution in [-0.2, 0) is 10.8 Å². The van der Waals surface area contributed by atoms with Crippen LogP contribution >= 0.6 is 0 Å². The average molecular weight is 852 g/mol. The van der Waals surface area contributed by atoms with Crippen molar-refractivity contribution < 1.29 is 4.42 Å². The molecule has 66 heavy (non-hydrogen) atoms. The normalized spacial score (nSPS) is 22.3. The molecule has 0 unspecified atom stereocenters. The van der Waals surface area contributed by atoms with Crippen LogP contribution in [-0.4, -0.2) is 15.0 Å². The summed E-state index contributed by atoms with van der Waals surface area (Å²) in [5, 5.41) is 4.59. The maximum Gasteiger partial charge on any atom is 0.164 e. The van der Waals surface area contributed by atoms with Gasteiger partial charge in [0.2, 0.25) is 0 Å². The third kappa shape index (κ3) is 5.54. The van der Waals surface area contributed by atoms with Crippen molar-refractivity contribution in [3.05, 3.63) is 198 Å². The summed E-state index contributed by atoms with van der Waals surface area (Å²) in [7, 11) is 0. The Morgan fingerprint density at radius 2 is 0.909 bits per heavy atom. The lowest BCUT2D eigenvalue weighted by molar-refractivity contribution is -0.0443. The Morgan fingerprint density at radius 1 is 0.379 bits per heavy atom. The monoisotopic (exact) mass is 851 g/mol. The van der Waals surface area contributed by atoms with E-state index >= 15 is 0 Å². The molecule has 5 aliphatic rings. The summed E-state index contributed by atoms with van der Waals surface area (Å²) in [6.07, 6.45) is 6.92. The maximum atomic E-state index is 6.12.